The van der Waals surface area contributed by atoms with Gasteiger partial charge in [0, 0.05) is 24.2 Å². The van der Waals surface area contributed by atoms with Crippen molar-refractivity contribution in [3.8, 4) is 6.07 Å². The van der Waals surface area contributed by atoms with Gasteiger partial charge in [0.25, 0.3) is 0 Å². The zero-order valence-corrected chi connectivity index (χ0v) is 12.7. The van der Waals surface area contributed by atoms with Gasteiger partial charge < -0.3 is 5.32 Å². The number of hydrogen-bond donors (Lipinski definition) is 1. The largest absolute Gasteiger partial charge is 0.382 e. The molecule has 0 saturated carbocycles. The fourth-order valence-electron chi connectivity index (χ4n) is 2.44. The Morgan fingerprint density at radius 1 is 1.55 bits per heavy atom. The van der Waals surface area contributed by atoms with E-state index in [1.807, 2.05) is 0 Å². The molecular formula is C13H16ClN3O2S. The summed E-state index contributed by atoms with van der Waals surface area (Å²) in [6, 6.07) is 7.00. The van der Waals surface area contributed by atoms with Gasteiger partial charge >= 0.3 is 0 Å². The maximum atomic E-state index is 11.7. The molecule has 5 nitrogen and oxygen atoms in total. The third kappa shape index (κ3) is 3.42. The van der Waals surface area contributed by atoms with Crippen LogP contribution in [0, 0.1) is 11.3 Å². The molecule has 1 heterocycles. The zero-order valence-electron chi connectivity index (χ0n) is 11.1. The molecule has 0 spiro atoms. The molecule has 0 bridgehead atoms. The molecule has 0 aliphatic carbocycles. The number of nitrogens with one attached hydrogen (secondary N) is 1. The Morgan fingerprint density at radius 3 is 2.95 bits per heavy atom. The van der Waals surface area contributed by atoms with E-state index in [2.05, 4.69) is 11.4 Å². The summed E-state index contributed by atoms with van der Waals surface area (Å²) >= 11 is 5.91. The van der Waals surface area contributed by atoms with Gasteiger partial charge in [-0.3, -0.25) is 0 Å². The Balaban J connectivity index is 2.09. The second-order valence-electron chi connectivity index (χ2n) is 4.85. The lowest BCUT2D eigenvalue weighted by atomic mass is 10.1. The summed E-state index contributed by atoms with van der Waals surface area (Å²) in [5.74, 6) is 0. The van der Waals surface area contributed by atoms with Crippen LogP contribution in [0.15, 0.2) is 18.2 Å². The highest BCUT2D eigenvalue weighted by Gasteiger charge is 2.31. The first-order valence-corrected chi connectivity index (χ1v) is 8.55. The highest BCUT2D eigenvalue weighted by Crippen LogP contribution is 2.23. The fraction of sp³-hybridized carbons (Fsp3) is 0.462. The molecule has 1 aliphatic heterocycles. The van der Waals surface area contributed by atoms with E-state index in [4.69, 9.17) is 16.9 Å². The number of halogens is 1. The molecule has 1 aromatic rings. The standard InChI is InChI=1S/C13H16ClN3O2S/c1-20(18,19)17-6-2-3-12(17)9-16-13-7-11(14)5-4-10(13)8-15/h4-5,7,12,16H,2-3,6,9H2,1H3/t12-/m1/s1. The van der Waals surface area contributed by atoms with Crippen molar-refractivity contribution in [1.82, 2.24) is 4.31 Å². The van der Waals surface area contributed by atoms with Crippen molar-refractivity contribution in [2.45, 2.75) is 18.9 Å². The Morgan fingerprint density at radius 2 is 2.30 bits per heavy atom. The smallest absolute Gasteiger partial charge is 0.211 e. The second kappa shape index (κ2) is 6.00. The summed E-state index contributed by atoms with van der Waals surface area (Å²) in [6.45, 7) is 1.04. The first-order valence-electron chi connectivity index (χ1n) is 6.32. The SMILES string of the molecule is CS(=O)(=O)N1CCC[C@@H]1CNc1cc(Cl)ccc1C#N. The Kier molecular flexibility index (Phi) is 4.53. The van der Waals surface area contributed by atoms with E-state index < -0.39 is 10.0 Å². The van der Waals surface area contributed by atoms with E-state index in [-0.39, 0.29) is 6.04 Å². The third-order valence-electron chi connectivity index (χ3n) is 3.38. The third-order valence-corrected chi connectivity index (χ3v) is 4.95. The fourth-order valence-corrected chi connectivity index (χ4v) is 3.79. The van der Waals surface area contributed by atoms with Crippen LogP contribution in [-0.4, -0.2) is 38.1 Å². The molecule has 1 N–H and O–H groups in total. The molecule has 0 unspecified atom stereocenters. The van der Waals surface area contributed by atoms with Crippen LogP contribution in [0.3, 0.4) is 0 Å². The van der Waals surface area contributed by atoms with Crippen molar-refractivity contribution < 1.29 is 8.42 Å². The highest BCUT2D eigenvalue weighted by molar-refractivity contribution is 7.88. The normalized spacial score (nSPS) is 19.8. The van der Waals surface area contributed by atoms with Crippen LogP contribution < -0.4 is 5.32 Å². The highest BCUT2D eigenvalue weighted by atomic mass is 35.5. The Bertz CT molecular complexity index is 640. The van der Waals surface area contributed by atoms with Crippen LogP contribution in [0.1, 0.15) is 18.4 Å². The molecule has 1 aliphatic rings. The van der Waals surface area contributed by atoms with Gasteiger partial charge in [0.15, 0.2) is 0 Å². The number of sulfonamides is 1. The summed E-state index contributed by atoms with van der Waals surface area (Å²) in [7, 11) is -3.18. The molecule has 1 fully saturated rings. The molecule has 0 amide bonds. The number of hydrogen-bond acceptors (Lipinski definition) is 4. The van der Waals surface area contributed by atoms with Crippen molar-refractivity contribution in [1.29, 1.82) is 5.26 Å². The minimum atomic E-state index is -3.18. The Hall–Kier alpha value is -1.29. The molecule has 1 aromatic carbocycles. The van der Waals surface area contributed by atoms with Gasteiger partial charge in [0.1, 0.15) is 6.07 Å². The van der Waals surface area contributed by atoms with Gasteiger partial charge in [-0.15, -0.1) is 0 Å². The van der Waals surface area contributed by atoms with Gasteiger partial charge in [0.2, 0.25) is 10.0 Å². The van der Waals surface area contributed by atoms with Crippen molar-refractivity contribution >= 4 is 27.3 Å². The van der Waals surface area contributed by atoms with Gasteiger partial charge in [-0.25, -0.2) is 8.42 Å². The lowest BCUT2D eigenvalue weighted by Gasteiger charge is -2.23. The quantitative estimate of drug-likeness (QED) is 0.923. The Labute approximate surface area is 124 Å². The van der Waals surface area contributed by atoms with Crippen LogP contribution in [-0.2, 0) is 10.0 Å². The second-order valence-corrected chi connectivity index (χ2v) is 7.22. The van der Waals surface area contributed by atoms with Crippen LogP contribution in [0.25, 0.3) is 0 Å². The molecule has 0 radical (unpaired) electrons. The first kappa shape index (κ1) is 15.1. The molecule has 0 aromatic heterocycles. The van der Waals surface area contributed by atoms with Gasteiger partial charge in [-0.1, -0.05) is 11.6 Å². The number of nitriles is 1. The van der Waals surface area contributed by atoms with E-state index in [0.29, 0.717) is 29.4 Å². The maximum absolute atomic E-state index is 11.7. The van der Waals surface area contributed by atoms with Crippen molar-refractivity contribution in [3.63, 3.8) is 0 Å². The average Bonchev–Trinajstić information content (AvgIpc) is 2.84. The van der Waals surface area contributed by atoms with Crippen molar-refractivity contribution in [3.05, 3.63) is 28.8 Å². The van der Waals surface area contributed by atoms with Crippen molar-refractivity contribution in [2.75, 3.05) is 24.7 Å². The molecule has 2 rings (SSSR count). The van der Waals surface area contributed by atoms with E-state index in [0.717, 1.165) is 12.8 Å². The zero-order chi connectivity index (χ0) is 14.8. The lowest BCUT2D eigenvalue weighted by molar-refractivity contribution is 0.402. The van der Waals surface area contributed by atoms with Gasteiger partial charge in [-0.05, 0) is 31.0 Å². The molecule has 1 saturated heterocycles. The van der Waals surface area contributed by atoms with Crippen LogP contribution in [0.5, 0.6) is 0 Å². The molecule has 1 atom stereocenters. The molecule has 7 heteroatoms. The van der Waals surface area contributed by atoms with Crippen molar-refractivity contribution in [2.24, 2.45) is 0 Å². The predicted molar refractivity (Wildman–Crippen MR) is 79.2 cm³/mol. The van der Waals surface area contributed by atoms with Crippen LogP contribution in [0.4, 0.5) is 5.69 Å². The number of benzene rings is 1. The van der Waals surface area contributed by atoms with E-state index in [1.54, 1.807) is 18.2 Å². The van der Waals surface area contributed by atoms with Crippen LogP contribution in [0.2, 0.25) is 5.02 Å². The van der Waals surface area contributed by atoms with Gasteiger partial charge in [-0.2, -0.15) is 9.57 Å². The lowest BCUT2D eigenvalue weighted by Crippen LogP contribution is -2.38. The number of nitrogens with zero attached hydrogens (tertiary/aromatic N) is 2. The summed E-state index contributed by atoms with van der Waals surface area (Å²) in [4.78, 5) is 0. The number of rotatable bonds is 4. The summed E-state index contributed by atoms with van der Waals surface area (Å²) in [5.41, 5.74) is 1.14. The predicted octanol–water partition coefficient (Wildman–Crippen LogP) is 2.05. The molecule has 20 heavy (non-hydrogen) atoms. The number of anilines is 1. The average molecular weight is 314 g/mol. The minimum Gasteiger partial charge on any atom is -0.382 e. The van der Waals surface area contributed by atoms with Crippen LogP contribution >= 0.6 is 11.6 Å². The molecular weight excluding hydrogens is 298 g/mol. The maximum Gasteiger partial charge on any atom is 0.211 e. The van der Waals surface area contributed by atoms with E-state index in [1.165, 1.54) is 10.6 Å². The van der Waals surface area contributed by atoms with E-state index in [9.17, 15) is 8.42 Å². The summed E-state index contributed by atoms with van der Waals surface area (Å²) in [6.07, 6.45) is 2.91. The van der Waals surface area contributed by atoms with E-state index >= 15 is 0 Å². The minimum absolute atomic E-state index is 0.0736. The first-order chi connectivity index (χ1) is 9.41. The summed E-state index contributed by atoms with van der Waals surface area (Å²) < 4.78 is 24.8. The monoisotopic (exact) mass is 313 g/mol. The van der Waals surface area contributed by atoms with Gasteiger partial charge in [0.05, 0.1) is 17.5 Å². The topological polar surface area (TPSA) is 73.2 Å². The summed E-state index contributed by atoms with van der Waals surface area (Å²) in [5, 5.41) is 12.7. The molecule has 108 valence electrons.